The second kappa shape index (κ2) is 8.08. The number of hydrogen-bond acceptors (Lipinski definition) is 4. The molecule has 140 valence electrons. The average molecular weight is 413 g/mol. The standard InChI is InChI=1S/C18H21ClN2O3S2/c1-13(15-4-2-5-16(19)12-15)20-18(22)14-7-9-21(10-8-14)26(23,24)17-6-3-11-25-17/h2-6,11-14H,7-10H2,1H3,(H,20,22)/t13-/m0/s1. The van der Waals surface area contributed by atoms with Crippen LogP contribution in [-0.2, 0) is 14.8 Å². The molecule has 0 aliphatic carbocycles. The molecule has 8 heteroatoms. The smallest absolute Gasteiger partial charge is 0.252 e. The van der Waals surface area contributed by atoms with Crippen LogP contribution in [0.15, 0.2) is 46.0 Å². The second-order valence-corrected chi connectivity index (χ2v) is 9.94. The fourth-order valence-corrected chi connectivity index (χ4v) is 5.90. The molecular formula is C18H21ClN2O3S2. The van der Waals surface area contributed by atoms with Gasteiger partial charge in [-0.15, -0.1) is 11.3 Å². The minimum atomic E-state index is -3.43. The number of benzene rings is 1. The summed E-state index contributed by atoms with van der Waals surface area (Å²) in [6.45, 7) is 2.65. The summed E-state index contributed by atoms with van der Waals surface area (Å²) in [5, 5.41) is 5.40. The predicted molar refractivity (Wildman–Crippen MR) is 104 cm³/mol. The van der Waals surface area contributed by atoms with Crippen LogP contribution in [-0.4, -0.2) is 31.7 Å². The van der Waals surface area contributed by atoms with E-state index < -0.39 is 10.0 Å². The van der Waals surface area contributed by atoms with Gasteiger partial charge in [0.2, 0.25) is 5.91 Å². The first-order chi connectivity index (χ1) is 12.4. The Morgan fingerprint density at radius 1 is 1.27 bits per heavy atom. The summed E-state index contributed by atoms with van der Waals surface area (Å²) in [7, 11) is -3.43. The lowest BCUT2D eigenvalue weighted by Gasteiger charge is -2.30. The lowest BCUT2D eigenvalue weighted by atomic mass is 9.96. The fraction of sp³-hybridized carbons (Fsp3) is 0.389. The van der Waals surface area contributed by atoms with Gasteiger partial charge < -0.3 is 5.32 Å². The Hall–Kier alpha value is -1.41. The largest absolute Gasteiger partial charge is 0.349 e. The van der Waals surface area contributed by atoms with E-state index in [1.807, 2.05) is 25.1 Å². The lowest BCUT2D eigenvalue weighted by Crippen LogP contribution is -2.43. The van der Waals surface area contributed by atoms with Crippen molar-refractivity contribution >= 4 is 38.9 Å². The maximum Gasteiger partial charge on any atom is 0.252 e. The quantitative estimate of drug-likeness (QED) is 0.814. The fourth-order valence-electron chi connectivity index (χ4n) is 3.09. The molecule has 1 aromatic carbocycles. The number of nitrogens with zero attached hydrogens (tertiary/aromatic N) is 1. The van der Waals surface area contributed by atoms with E-state index in [0.29, 0.717) is 35.2 Å². The van der Waals surface area contributed by atoms with Crippen LogP contribution >= 0.6 is 22.9 Å². The summed E-state index contributed by atoms with van der Waals surface area (Å²) in [6.07, 6.45) is 1.05. The first kappa shape index (κ1) is 19.4. The van der Waals surface area contributed by atoms with Crippen LogP contribution in [0.5, 0.6) is 0 Å². The van der Waals surface area contributed by atoms with Crippen LogP contribution in [0.1, 0.15) is 31.4 Å². The molecule has 1 saturated heterocycles. The molecule has 0 radical (unpaired) electrons. The molecule has 1 amide bonds. The van der Waals surface area contributed by atoms with Crippen molar-refractivity contribution in [3.05, 3.63) is 52.4 Å². The van der Waals surface area contributed by atoms with Crippen molar-refractivity contribution in [2.75, 3.05) is 13.1 Å². The second-order valence-electron chi connectivity index (χ2n) is 6.40. The van der Waals surface area contributed by atoms with Crippen LogP contribution in [0.3, 0.4) is 0 Å². The predicted octanol–water partition coefficient (Wildman–Crippen LogP) is 3.68. The Bertz CT molecular complexity index is 860. The van der Waals surface area contributed by atoms with Crippen LogP contribution in [0.2, 0.25) is 5.02 Å². The van der Waals surface area contributed by atoms with Gasteiger partial charge in [0.1, 0.15) is 4.21 Å². The van der Waals surface area contributed by atoms with Crippen LogP contribution in [0.25, 0.3) is 0 Å². The topological polar surface area (TPSA) is 66.5 Å². The summed E-state index contributed by atoms with van der Waals surface area (Å²) in [4.78, 5) is 12.5. The van der Waals surface area contributed by atoms with Crippen molar-refractivity contribution in [3.63, 3.8) is 0 Å². The number of rotatable bonds is 5. The molecule has 5 nitrogen and oxygen atoms in total. The van der Waals surface area contributed by atoms with E-state index in [2.05, 4.69) is 5.32 Å². The third kappa shape index (κ3) is 4.28. The molecule has 2 heterocycles. The number of hydrogen-bond donors (Lipinski definition) is 1. The summed E-state index contributed by atoms with van der Waals surface area (Å²) in [5.74, 6) is -0.211. The maximum absolute atomic E-state index is 12.5. The monoisotopic (exact) mass is 412 g/mol. The van der Waals surface area contributed by atoms with Crippen molar-refractivity contribution < 1.29 is 13.2 Å². The normalized spacial score (nSPS) is 17.8. The summed E-state index contributed by atoms with van der Waals surface area (Å²) in [6, 6.07) is 10.6. The van der Waals surface area contributed by atoms with Gasteiger partial charge in [-0.1, -0.05) is 29.8 Å². The molecule has 2 aromatic rings. The summed E-state index contributed by atoms with van der Waals surface area (Å²) in [5.41, 5.74) is 0.948. The highest BCUT2D eigenvalue weighted by atomic mass is 35.5. The van der Waals surface area contributed by atoms with Crippen LogP contribution in [0.4, 0.5) is 0 Å². The summed E-state index contributed by atoms with van der Waals surface area (Å²) < 4.78 is 26.9. The molecule has 0 saturated carbocycles. The van der Waals surface area contributed by atoms with Gasteiger partial charge in [-0.3, -0.25) is 4.79 Å². The highest BCUT2D eigenvalue weighted by molar-refractivity contribution is 7.91. The number of carbonyl (C=O) groups excluding carboxylic acids is 1. The lowest BCUT2D eigenvalue weighted by molar-refractivity contribution is -0.126. The Morgan fingerprint density at radius 3 is 2.62 bits per heavy atom. The molecule has 0 spiro atoms. The van der Waals surface area contributed by atoms with E-state index in [1.165, 1.54) is 15.6 Å². The zero-order valence-corrected chi connectivity index (χ0v) is 16.8. The first-order valence-electron chi connectivity index (χ1n) is 8.47. The SMILES string of the molecule is C[C@H](NC(=O)C1CCN(S(=O)(=O)c2cccs2)CC1)c1cccc(Cl)c1. The van der Waals surface area contributed by atoms with E-state index in [4.69, 9.17) is 11.6 Å². The molecule has 0 unspecified atom stereocenters. The third-order valence-electron chi connectivity index (χ3n) is 4.62. The number of amides is 1. The molecule has 1 atom stereocenters. The van der Waals surface area contributed by atoms with E-state index in [0.717, 1.165) is 5.56 Å². The number of carbonyl (C=O) groups is 1. The highest BCUT2D eigenvalue weighted by Crippen LogP contribution is 2.27. The number of nitrogens with one attached hydrogen (secondary N) is 1. The molecule has 1 N–H and O–H groups in total. The molecular weight excluding hydrogens is 392 g/mol. The molecule has 1 fully saturated rings. The van der Waals surface area contributed by atoms with Gasteiger partial charge in [0.25, 0.3) is 10.0 Å². The van der Waals surface area contributed by atoms with Crippen molar-refractivity contribution in [3.8, 4) is 0 Å². The minimum absolute atomic E-state index is 0.0364. The van der Waals surface area contributed by atoms with Crippen molar-refractivity contribution in [2.45, 2.75) is 30.0 Å². The Labute approximate surface area is 163 Å². The van der Waals surface area contributed by atoms with Gasteiger partial charge in [-0.2, -0.15) is 4.31 Å². The van der Waals surface area contributed by atoms with Gasteiger partial charge in [0.15, 0.2) is 0 Å². The van der Waals surface area contributed by atoms with Gasteiger partial charge >= 0.3 is 0 Å². The number of piperidine rings is 1. The molecule has 3 rings (SSSR count). The first-order valence-corrected chi connectivity index (χ1v) is 11.2. The third-order valence-corrected chi connectivity index (χ3v) is 8.13. The van der Waals surface area contributed by atoms with Gasteiger partial charge in [-0.25, -0.2) is 8.42 Å². The number of thiophene rings is 1. The highest BCUT2D eigenvalue weighted by Gasteiger charge is 2.32. The summed E-state index contributed by atoms with van der Waals surface area (Å²) >= 11 is 7.22. The molecule has 1 aromatic heterocycles. The van der Waals surface area contributed by atoms with E-state index in [-0.39, 0.29) is 17.9 Å². The zero-order chi connectivity index (χ0) is 18.7. The average Bonchev–Trinajstić information content (AvgIpc) is 3.17. The van der Waals surface area contributed by atoms with E-state index in [9.17, 15) is 13.2 Å². The van der Waals surface area contributed by atoms with Crippen LogP contribution in [0, 0.1) is 5.92 Å². The van der Waals surface area contributed by atoms with Gasteiger partial charge in [-0.05, 0) is 48.9 Å². The molecule has 1 aliphatic heterocycles. The Kier molecular flexibility index (Phi) is 6.02. The Morgan fingerprint density at radius 2 is 2.00 bits per heavy atom. The van der Waals surface area contributed by atoms with Gasteiger partial charge in [0.05, 0.1) is 6.04 Å². The molecule has 0 bridgehead atoms. The maximum atomic E-state index is 12.5. The number of sulfonamides is 1. The van der Waals surface area contributed by atoms with Crippen LogP contribution < -0.4 is 5.32 Å². The van der Waals surface area contributed by atoms with Crippen molar-refractivity contribution in [1.29, 1.82) is 0 Å². The zero-order valence-electron chi connectivity index (χ0n) is 14.4. The minimum Gasteiger partial charge on any atom is -0.349 e. The van der Waals surface area contributed by atoms with E-state index >= 15 is 0 Å². The molecule has 1 aliphatic rings. The number of halogens is 1. The van der Waals surface area contributed by atoms with E-state index in [1.54, 1.807) is 23.6 Å². The van der Waals surface area contributed by atoms with Crippen molar-refractivity contribution in [1.82, 2.24) is 9.62 Å². The van der Waals surface area contributed by atoms with Gasteiger partial charge in [0, 0.05) is 24.0 Å². The Balaban J connectivity index is 1.57. The van der Waals surface area contributed by atoms with Crippen molar-refractivity contribution in [2.24, 2.45) is 5.92 Å². The molecule has 26 heavy (non-hydrogen) atoms.